The molecule has 17 heavy (non-hydrogen) atoms. The van der Waals surface area contributed by atoms with Crippen LogP contribution >= 0.6 is 11.3 Å². The molecule has 3 rings (SSSR count). The van der Waals surface area contributed by atoms with Gasteiger partial charge in [0.25, 0.3) is 0 Å². The molecule has 1 saturated heterocycles. The molecule has 0 unspecified atom stereocenters. The van der Waals surface area contributed by atoms with E-state index in [2.05, 4.69) is 15.2 Å². The molecule has 94 valence electrons. The highest BCUT2D eigenvalue weighted by Gasteiger charge is 2.20. The second kappa shape index (κ2) is 5.33. The van der Waals surface area contributed by atoms with Gasteiger partial charge in [-0.1, -0.05) is 0 Å². The summed E-state index contributed by atoms with van der Waals surface area (Å²) in [5.74, 6) is 0. The Morgan fingerprint density at radius 3 is 3.24 bits per heavy atom. The van der Waals surface area contributed by atoms with Gasteiger partial charge in [-0.3, -0.25) is 0 Å². The summed E-state index contributed by atoms with van der Waals surface area (Å²) in [6, 6.07) is 0.770. The predicted molar refractivity (Wildman–Crippen MR) is 69.6 cm³/mol. The topological polar surface area (TPSA) is 37.4 Å². The Morgan fingerprint density at radius 1 is 1.41 bits per heavy atom. The van der Waals surface area contributed by atoms with Crippen LogP contribution in [0.2, 0.25) is 0 Å². The number of aromatic nitrogens is 1. The van der Waals surface area contributed by atoms with Crippen molar-refractivity contribution in [3.63, 3.8) is 0 Å². The van der Waals surface area contributed by atoms with Crippen LogP contribution < -0.4 is 10.2 Å². The van der Waals surface area contributed by atoms with Gasteiger partial charge in [-0.2, -0.15) is 0 Å². The summed E-state index contributed by atoms with van der Waals surface area (Å²) in [7, 11) is 0. The second-order valence-electron chi connectivity index (χ2n) is 4.72. The molecule has 1 saturated carbocycles. The van der Waals surface area contributed by atoms with E-state index in [0.717, 1.165) is 50.4 Å². The third kappa shape index (κ3) is 3.18. The van der Waals surface area contributed by atoms with Gasteiger partial charge in [-0.05, 0) is 19.3 Å². The molecule has 0 atom stereocenters. The lowest BCUT2D eigenvalue weighted by atomic mass is 10.4. The zero-order valence-electron chi connectivity index (χ0n) is 10.0. The van der Waals surface area contributed by atoms with E-state index < -0.39 is 0 Å². The summed E-state index contributed by atoms with van der Waals surface area (Å²) < 4.78 is 5.46. The molecule has 0 amide bonds. The molecule has 0 radical (unpaired) electrons. The van der Waals surface area contributed by atoms with Crippen molar-refractivity contribution in [1.29, 1.82) is 0 Å². The van der Waals surface area contributed by atoms with Crippen molar-refractivity contribution >= 4 is 16.5 Å². The van der Waals surface area contributed by atoms with E-state index in [-0.39, 0.29) is 0 Å². The van der Waals surface area contributed by atoms with Gasteiger partial charge < -0.3 is 15.0 Å². The third-order valence-corrected chi connectivity index (χ3v) is 4.23. The van der Waals surface area contributed by atoms with E-state index in [1.54, 1.807) is 0 Å². The highest BCUT2D eigenvalue weighted by atomic mass is 32.1. The molecular formula is C12H19N3OS. The Hall–Kier alpha value is -0.650. The fraction of sp³-hybridized carbons (Fsp3) is 0.750. The Morgan fingerprint density at radius 2 is 2.35 bits per heavy atom. The quantitative estimate of drug-likeness (QED) is 0.885. The fourth-order valence-electron chi connectivity index (χ4n) is 1.99. The van der Waals surface area contributed by atoms with Crippen molar-refractivity contribution in [2.45, 2.75) is 31.8 Å². The molecule has 1 aromatic rings. The number of ether oxygens (including phenoxy) is 1. The van der Waals surface area contributed by atoms with Gasteiger partial charge in [0.1, 0.15) is 0 Å². The summed E-state index contributed by atoms with van der Waals surface area (Å²) in [5, 5.41) is 4.68. The molecule has 5 heteroatoms. The van der Waals surface area contributed by atoms with Crippen LogP contribution in [0.4, 0.5) is 5.13 Å². The lowest BCUT2D eigenvalue weighted by Gasteiger charge is -2.17. The monoisotopic (exact) mass is 253 g/mol. The number of thiazole rings is 1. The van der Waals surface area contributed by atoms with Crippen LogP contribution in [0.5, 0.6) is 0 Å². The number of anilines is 1. The van der Waals surface area contributed by atoms with Crippen molar-refractivity contribution in [3.8, 4) is 0 Å². The average Bonchev–Trinajstić information content (AvgIpc) is 3.12. The molecule has 0 spiro atoms. The van der Waals surface area contributed by atoms with Gasteiger partial charge in [0.2, 0.25) is 0 Å². The summed E-state index contributed by atoms with van der Waals surface area (Å²) in [4.78, 5) is 8.22. The standard InChI is InChI=1S/C12H19N3OS/c1-4-15(5-7-16-6-1)12-14-9-11(17-12)8-13-10-2-3-10/h9-10,13H,1-8H2. The Kier molecular flexibility index (Phi) is 3.59. The van der Waals surface area contributed by atoms with E-state index in [4.69, 9.17) is 4.74 Å². The van der Waals surface area contributed by atoms with Crippen LogP contribution in [0, 0.1) is 0 Å². The molecular weight excluding hydrogens is 234 g/mol. The normalized spacial score (nSPS) is 21.5. The first kappa shape index (κ1) is 11.4. The van der Waals surface area contributed by atoms with Crippen molar-refractivity contribution in [1.82, 2.24) is 10.3 Å². The number of hydrogen-bond donors (Lipinski definition) is 1. The van der Waals surface area contributed by atoms with Crippen LogP contribution in [-0.4, -0.2) is 37.3 Å². The first-order valence-electron chi connectivity index (χ1n) is 6.42. The van der Waals surface area contributed by atoms with Gasteiger partial charge in [0.15, 0.2) is 5.13 Å². The minimum absolute atomic E-state index is 0.770. The van der Waals surface area contributed by atoms with Crippen molar-refractivity contribution < 1.29 is 4.74 Å². The molecule has 0 aromatic carbocycles. The van der Waals surface area contributed by atoms with Gasteiger partial charge in [0, 0.05) is 43.4 Å². The largest absolute Gasteiger partial charge is 0.380 e. The summed E-state index contributed by atoms with van der Waals surface area (Å²) >= 11 is 1.82. The molecule has 2 aliphatic rings. The van der Waals surface area contributed by atoms with E-state index in [0.29, 0.717) is 0 Å². The lowest BCUT2D eigenvalue weighted by molar-refractivity contribution is 0.152. The number of nitrogens with one attached hydrogen (secondary N) is 1. The highest BCUT2D eigenvalue weighted by molar-refractivity contribution is 7.15. The molecule has 1 aromatic heterocycles. The maximum atomic E-state index is 5.46. The van der Waals surface area contributed by atoms with Crippen LogP contribution in [0.25, 0.3) is 0 Å². The van der Waals surface area contributed by atoms with Gasteiger partial charge >= 0.3 is 0 Å². The molecule has 1 aliphatic heterocycles. The van der Waals surface area contributed by atoms with Crippen LogP contribution in [0.15, 0.2) is 6.20 Å². The minimum Gasteiger partial charge on any atom is -0.380 e. The summed E-state index contributed by atoms with van der Waals surface area (Å²) in [6.07, 6.45) is 5.81. The molecule has 4 nitrogen and oxygen atoms in total. The van der Waals surface area contributed by atoms with Gasteiger partial charge in [-0.25, -0.2) is 4.98 Å². The predicted octanol–water partition coefficient (Wildman–Crippen LogP) is 1.62. The second-order valence-corrected chi connectivity index (χ2v) is 5.81. The third-order valence-electron chi connectivity index (χ3n) is 3.18. The van der Waals surface area contributed by atoms with Crippen molar-refractivity contribution in [3.05, 3.63) is 11.1 Å². The van der Waals surface area contributed by atoms with Gasteiger partial charge in [-0.15, -0.1) is 11.3 Å². The maximum absolute atomic E-state index is 5.46. The number of nitrogens with zero attached hydrogens (tertiary/aromatic N) is 2. The van der Waals surface area contributed by atoms with Crippen molar-refractivity contribution in [2.24, 2.45) is 0 Å². The van der Waals surface area contributed by atoms with Gasteiger partial charge in [0.05, 0.1) is 6.61 Å². The van der Waals surface area contributed by atoms with Crippen LogP contribution in [0.1, 0.15) is 24.1 Å². The summed E-state index contributed by atoms with van der Waals surface area (Å²) in [6.45, 7) is 4.74. The Balaban J connectivity index is 1.57. The molecule has 2 fully saturated rings. The smallest absolute Gasteiger partial charge is 0.185 e. The molecule has 1 N–H and O–H groups in total. The number of rotatable bonds is 4. The molecule has 1 aliphatic carbocycles. The van der Waals surface area contributed by atoms with Crippen LogP contribution in [-0.2, 0) is 11.3 Å². The molecule has 2 heterocycles. The van der Waals surface area contributed by atoms with Crippen LogP contribution in [0.3, 0.4) is 0 Å². The molecule has 0 bridgehead atoms. The Labute approximate surface area is 106 Å². The number of hydrogen-bond acceptors (Lipinski definition) is 5. The first-order valence-corrected chi connectivity index (χ1v) is 7.24. The van der Waals surface area contributed by atoms with E-state index in [1.807, 2.05) is 17.5 Å². The first-order chi connectivity index (χ1) is 8.42. The van der Waals surface area contributed by atoms with Crippen molar-refractivity contribution in [2.75, 3.05) is 31.2 Å². The van der Waals surface area contributed by atoms with E-state index in [9.17, 15) is 0 Å². The zero-order valence-corrected chi connectivity index (χ0v) is 10.8. The Bertz CT molecular complexity index is 356. The van der Waals surface area contributed by atoms with E-state index >= 15 is 0 Å². The average molecular weight is 253 g/mol. The lowest BCUT2D eigenvalue weighted by Crippen LogP contribution is -2.25. The highest BCUT2D eigenvalue weighted by Crippen LogP contribution is 2.25. The minimum atomic E-state index is 0.770. The zero-order chi connectivity index (χ0) is 11.5. The summed E-state index contributed by atoms with van der Waals surface area (Å²) in [5.41, 5.74) is 0. The maximum Gasteiger partial charge on any atom is 0.185 e. The van der Waals surface area contributed by atoms with E-state index in [1.165, 1.54) is 17.7 Å². The SMILES string of the molecule is c1nc(N2CCCOCC2)sc1CNC1CC1. The fourth-order valence-corrected chi connectivity index (χ4v) is 2.91.